The standard InChI is InChI=1S/C18H18F3NO2/c1-11-7-8-16(12(2)9-11)24-13(3)17(23)22-15-6-4-5-14(10-15)18(19,20)21/h4-10,13H,1-3H3,(H,22,23). The number of aryl methyl sites for hydroxylation is 2. The molecule has 1 N–H and O–H groups in total. The number of rotatable bonds is 4. The number of hydrogen-bond acceptors (Lipinski definition) is 2. The molecule has 0 spiro atoms. The van der Waals surface area contributed by atoms with E-state index in [0.29, 0.717) is 5.75 Å². The maximum absolute atomic E-state index is 12.7. The number of anilines is 1. The van der Waals surface area contributed by atoms with Crippen LogP contribution in [0.1, 0.15) is 23.6 Å². The largest absolute Gasteiger partial charge is 0.481 e. The van der Waals surface area contributed by atoms with Gasteiger partial charge < -0.3 is 10.1 Å². The van der Waals surface area contributed by atoms with Gasteiger partial charge in [0, 0.05) is 5.69 Å². The SMILES string of the molecule is Cc1ccc(OC(C)C(=O)Nc2cccc(C(F)(F)F)c2)c(C)c1. The molecule has 1 amide bonds. The van der Waals surface area contributed by atoms with E-state index in [9.17, 15) is 18.0 Å². The van der Waals surface area contributed by atoms with Crippen LogP contribution in [0.3, 0.4) is 0 Å². The van der Waals surface area contributed by atoms with Crippen molar-refractivity contribution in [3.8, 4) is 5.75 Å². The summed E-state index contributed by atoms with van der Waals surface area (Å²) < 4.78 is 43.7. The first-order valence-corrected chi connectivity index (χ1v) is 7.39. The molecule has 0 aliphatic rings. The number of carbonyl (C=O) groups excluding carboxylic acids is 1. The van der Waals surface area contributed by atoms with Crippen molar-refractivity contribution in [2.75, 3.05) is 5.32 Å². The van der Waals surface area contributed by atoms with Crippen LogP contribution >= 0.6 is 0 Å². The normalized spacial score (nSPS) is 12.6. The van der Waals surface area contributed by atoms with Crippen molar-refractivity contribution in [1.29, 1.82) is 0 Å². The fourth-order valence-electron chi connectivity index (χ4n) is 2.19. The summed E-state index contributed by atoms with van der Waals surface area (Å²) in [7, 11) is 0. The van der Waals surface area contributed by atoms with Crippen molar-refractivity contribution in [1.82, 2.24) is 0 Å². The molecule has 1 unspecified atom stereocenters. The van der Waals surface area contributed by atoms with Gasteiger partial charge >= 0.3 is 6.18 Å². The zero-order valence-electron chi connectivity index (χ0n) is 13.6. The van der Waals surface area contributed by atoms with Crippen LogP contribution in [-0.2, 0) is 11.0 Å². The van der Waals surface area contributed by atoms with Gasteiger partial charge in [-0.25, -0.2) is 0 Å². The summed E-state index contributed by atoms with van der Waals surface area (Å²) in [5, 5.41) is 2.44. The molecular formula is C18H18F3NO2. The van der Waals surface area contributed by atoms with Crippen LogP contribution in [0.5, 0.6) is 5.75 Å². The minimum atomic E-state index is -4.46. The van der Waals surface area contributed by atoms with Crippen LogP contribution in [0, 0.1) is 13.8 Å². The third kappa shape index (κ3) is 4.50. The summed E-state index contributed by atoms with van der Waals surface area (Å²) >= 11 is 0. The van der Waals surface area contributed by atoms with Gasteiger partial charge in [-0.3, -0.25) is 4.79 Å². The quantitative estimate of drug-likeness (QED) is 0.876. The Morgan fingerprint density at radius 3 is 2.46 bits per heavy atom. The van der Waals surface area contributed by atoms with Crippen molar-refractivity contribution >= 4 is 11.6 Å². The maximum Gasteiger partial charge on any atom is 0.416 e. The van der Waals surface area contributed by atoms with Crippen LogP contribution in [0.2, 0.25) is 0 Å². The summed E-state index contributed by atoms with van der Waals surface area (Å²) in [6.45, 7) is 5.35. The van der Waals surface area contributed by atoms with E-state index < -0.39 is 23.8 Å². The highest BCUT2D eigenvalue weighted by Crippen LogP contribution is 2.30. The van der Waals surface area contributed by atoms with Gasteiger partial charge in [0.1, 0.15) is 5.75 Å². The number of benzene rings is 2. The summed E-state index contributed by atoms with van der Waals surface area (Å²) in [5.41, 5.74) is 1.21. The summed E-state index contributed by atoms with van der Waals surface area (Å²) in [6.07, 6.45) is -5.30. The molecular weight excluding hydrogens is 319 g/mol. The van der Waals surface area contributed by atoms with E-state index in [1.807, 2.05) is 26.0 Å². The molecule has 0 heterocycles. The van der Waals surface area contributed by atoms with E-state index in [-0.39, 0.29) is 5.69 Å². The van der Waals surface area contributed by atoms with Gasteiger partial charge in [0.2, 0.25) is 0 Å². The minimum Gasteiger partial charge on any atom is -0.481 e. The fraction of sp³-hybridized carbons (Fsp3) is 0.278. The Hall–Kier alpha value is -2.50. The number of hydrogen-bond donors (Lipinski definition) is 1. The Morgan fingerprint density at radius 2 is 1.83 bits per heavy atom. The second-order valence-corrected chi connectivity index (χ2v) is 5.60. The number of carbonyl (C=O) groups is 1. The molecule has 3 nitrogen and oxygen atoms in total. The van der Waals surface area contributed by atoms with Gasteiger partial charge in [-0.1, -0.05) is 23.8 Å². The van der Waals surface area contributed by atoms with E-state index in [4.69, 9.17) is 4.74 Å². The predicted octanol–water partition coefficient (Wildman–Crippen LogP) is 4.73. The molecule has 2 aromatic rings. The number of amides is 1. The lowest BCUT2D eigenvalue weighted by Gasteiger charge is -2.17. The molecule has 0 fully saturated rings. The number of ether oxygens (including phenoxy) is 1. The molecule has 0 bridgehead atoms. The first-order valence-electron chi connectivity index (χ1n) is 7.39. The third-order valence-corrected chi connectivity index (χ3v) is 3.46. The summed E-state index contributed by atoms with van der Waals surface area (Å²) in [6, 6.07) is 10.0. The van der Waals surface area contributed by atoms with Crippen LogP contribution in [0.15, 0.2) is 42.5 Å². The average molecular weight is 337 g/mol. The van der Waals surface area contributed by atoms with Crippen LogP contribution < -0.4 is 10.1 Å². The first kappa shape index (κ1) is 17.8. The molecule has 0 aromatic heterocycles. The van der Waals surface area contributed by atoms with Gasteiger partial charge in [-0.05, 0) is 50.6 Å². The molecule has 0 radical (unpaired) electrons. The lowest BCUT2D eigenvalue weighted by atomic mass is 10.1. The van der Waals surface area contributed by atoms with Crippen molar-refractivity contribution in [2.24, 2.45) is 0 Å². The van der Waals surface area contributed by atoms with E-state index in [0.717, 1.165) is 23.3 Å². The number of nitrogens with one attached hydrogen (secondary N) is 1. The van der Waals surface area contributed by atoms with E-state index in [1.165, 1.54) is 12.1 Å². The van der Waals surface area contributed by atoms with Crippen LogP contribution in [-0.4, -0.2) is 12.0 Å². The van der Waals surface area contributed by atoms with Gasteiger partial charge in [0.25, 0.3) is 5.91 Å². The smallest absolute Gasteiger partial charge is 0.416 e. The van der Waals surface area contributed by atoms with Crippen molar-refractivity contribution in [3.05, 3.63) is 59.2 Å². The zero-order valence-corrected chi connectivity index (χ0v) is 13.6. The molecule has 0 saturated carbocycles. The first-order chi connectivity index (χ1) is 11.2. The highest BCUT2D eigenvalue weighted by atomic mass is 19.4. The monoisotopic (exact) mass is 337 g/mol. The van der Waals surface area contributed by atoms with E-state index in [2.05, 4.69) is 5.32 Å². The molecule has 24 heavy (non-hydrogen) atoms. The van der Waals surface area contributed by atoms with E-state index in [1.54, 1.807) is 13.0 Å². The topological polar surface area (TPSA) is 38.3 Å². The van der Waals surface area contributed by atoms with Crippen molar-refractivity contribution in [3.63, 3.8) is 0 Å². The molecule has 0 aliphatic heterocycles. The van der Waals surface area contributed by atoms with Gasteiger partial charge in [-0.15, -0.1) is 0 Å². The summed E-state index contributed by atoms with van der Waals surface area (Å²) in [4.78, 5) is 12.1. The minimum absolute atomic E-state index is 0.0749. The van der Waals surface area contributed by atoms with Gasteiger partial charge in [0.15, 0.2) is 6.10 Å². The Labute approximate surface area is 138 Å². The lowest BCUT2D eigenvalue weighted by molar-refractivity contribution is -0.137. The molecule has 0 saturated heterocycles. The second-order valence-electron chi connectivity index (χ2n) is 5.60. The lowest BCUT2D eigenvalue weighted by Crippen LogP contribution is -2.30. The summed E-state index contributed by atoms with van der Waals surface area (Å²) in [5.74, 6) is 0.0431. The molecule has 128 valence electrons. The maximum atomic E-state index is 12.7. The molecule has 2 rings (SSSR count). The van der Waals surface area contributed by atoms with Crippen LogP contribution in [0.4, 0.5) is 18.9 Å². The van der Waals surface area contributed by atoms with Gasteiger partial charge in [0.05, 0.1) is 5.56 Å². The molecule has 0 aliphatic carbocycles. The average Bonchev–Trinajstić information content (AvgIpc) is 2.49. The third-order valence-electron chi connectivity index (χ3n) is 3.46. The van der Waals surface area contributed by atoms with Crippen molar-refractivity contribution < 1.29 is 22.7 Å². The Kier molecular flexibility index (Phi) is 5.17. The Morgan fingerprint density at radius 1 is 1.12 bits per heavy atom. The number of halogens is 3. The highest BCUT2D eigenvalue weighted by molar-refractivity contribution is 5.94. The Balaban J connectivity index is 2.06. The highest BCUT2D eigenvalue weighted by Gasteiger charge is 2.30. The Bertz CT molecular complexity index is 741. The molecule has 6 heteroatoms. The molecule has 1 atom stereocenters. The van der Waals surface area contributed by atoms with Crippen LogP contribution in [0.25, 0.3) is 0 Å². The molecule has 2 aromatic carbocycles. The van der Waals surface area contributed by atoms with Crippen molar-refractivity contribution in [2.45, 2.75) is 33.1 Å². The zero-order chi connectivity index (χ0) is 17.9. The predicted molar refractivity (Wildman–Crippen MR) is 86.1 cm³/mol. The number of alkyl halides is 3. The van der Waals surface area contributed by atoms with E-state index >= 15 is 0 Å². The van der Waals surface area contributed by atoms with Gasteiger partial charge in [-0.2, -0.15) is 13.2 Å². The fourth-order valence-corrected chi connectivity index (χ4v) is 2.19. The second kappa shape index (κ2) is 6.95.